The van der Waals surface area contributed by atoms with Crippen molar-refractivity contribution in [2.45, 2.75) is 32.5 Å². The van der Waals surface area contributed by atoms with E-state index < -0.39 is 24.1 Å². The molecule has 0 fully saturated rings. The Morgan fingerprint density at radius 2 is 1.84 bits per heavy atom. The Morgan fingerprint density at radius 1 is 1.04 bits per heavy atom. The van der Waals surface area contributed by atoms with E-state index in [1.165, 1.54) is 0 Å². The zero-order chi connectivity index (χ0) is 31.5. The van der Waals surface area contributed by atoms with Crippen molar-refractivity contribution in [2.75, 3.05) is 6.61 Å². The van der Waals surface area contributed by atoms with E-state index >= 15 is 0 Å². The first-order chi connectivity index (χ1) is 21.8. The fourth-order valence-corrected chi connectivity index (χ4v) is 5.59. The molecular weight excluding hydrogens is 566 g/mol. The molecule has 0 aliphatic carbocycles. The van der Waals surface area contributed by atoms with Gasteiger partial charge in [-0.1, -0.05) is 84.9 Å². The van der Waals surface area contributed by atoms with Crippen molar-refractivity contribution in [3.8, 4) is 11.5 Å². The Labute approximate surface area is 261 Å². The van der Waals surface area contributed by atoms with E-state index in [1.807, 2.05) is 68.4 Å². The number of aryl methyl sites for hydroxylation is 2. The topological polar surface area (TPSA) is 101 Å². The number of para-hydroxylation sites is 1. The van der Waals surface area contributed by atoms with Crippen molar-refractivity contribution in [1.29, 1.82) is 0 Å². The molecule has 2 heterocycles. The minimum Gasteiger partial charge on any atom is -0.455 e. The van der Waals surface area contributed by atoms with Crippen LogP contribution in [0.15, 0.2) is 104 Å². The number of benzene rings is 4. The molecule has 4 aromatic carbocycles. The molecule has 1 aliphatic heterocycles. The molecular formula is C37H33N3O5. The van der Waals surface area contributed by atoms with E-state index in [0.29, 0.717) is 45.5 Å². The third-order valence-corrected chi connectivity index (χ3v) is 7.90. The molecule has 0 saturated heterocycles. The molecule has 0 spiro atoms. The molecule has 2 atom stereocenters. The molecule has 6 rings (SSSR count). The van der Waals surface area contributed by atoms with E-state index in [9.17, 15) is 14.7 Å². The summed E-state index contributed by atoms with van der Waals surface area (Å²) in [5.74, 6) is -0.000307. The first-order valence-corrected chi connectivity index (χ1v) is 14.7. The van der Waals surface area contributed by atoms with Crippen LogP contribution in [0.5, 0.6) is 11.5 Å². The van der Waals surface area contributed by atoms with Gasteiger partial charge in [0.25, 0.3) is 11.8 Å². The number of rotatable bonds is 10. The summed E-state index contributed by atoms with van der Waals surface area (Å²) in [6, 6.07) is 27.2. The van der Waals surface area contributed by atoms with Crippen molar-refractivity contribution < 1.29 is 24.3 Å². The first kappa shape index (κ1) is 29.7. The molecule has 1 unspecified atom stereocenters. The quantitative estimate of drug-likeness (QED) is 0.185. The van der Waals surface area contributed by atoms with Crippen LogP contribution < -0.4 is 10.1 Å². The Kier molecular flexibility index (Phi) is 8.42. The standard InChI is InChI=1S/C37H33N3O5/c1-4-25-10-9-11-28(19-25)45-33-21-38-32-15-8-7-14-31(32)34(33)35(41)39-27(20-26-17-16-23(2)18-24(26)3)22-44-40-36(42)29-12-5-6-13-30(29)37(40)43/h4-19,21,27,36,42H,1,20,22H2,2-3H3,(H,39,41)/t27-,36?/m1/s1. The van der Waals surface area contributed by atoms with Crippen LogP contribution >= 0.6 is 0 Å². The van der Waals surface area contributed by atoms with Crippen molar-refractivity contribution in [1.82, 2.24) is 15.4 Å². The smallest absolute Gasteiger partial charge is 0.280 e. The average molecular weight is 600 g/mol. The van der Waals surface area contributed by atoms with Gasteiger partial charge < -0.3 is 15.2 Å². The van der Waals surface area contributed by atoms with E-state index in [2.05, 4.69) is 22.9 Å². The summed E-state index contributed by atoms with van der Waals surface area (Å²) in [6.45, 7) is 7.80. The lowest BCUT2D eigenvalue weighted by molar-refractivity contribution is -0.201. The van der Waals surface area contributed by atoms with Crippen LogP contribution in [-0.4, -0.2) is 39.6 Å². The zero-order valence-electron chi connectivity index (χ0n) is 25.1. The lowest BCUT2D eigenvalue weighted by atomic mass is 9.99. The van der Waals surface area contributed by atoms with Crippen molar-refractivity contribution >= 4 is 28.8 Å². The van der Waals surface area contributed by atoms with E-state index in [0.717, 1.165) is 27.3 Å². The Morgan fingerprint density at radius 3 is 2.64 bits per heavy atom. The molecule has 2 N–H and O–H groups in total. The minimum absolute atomic E-state index is 0.0730. The van der Waals surface area contributed by atoms with Gasteiger partial charge >= 0.3 is 0 Å². The number of aliphatic hydroxyl groups is 1. The summed E-state index contributed by atoms with van der Waals surface area (Å²) in [5, 5.41) is 15.6. The Balaban J connectivity index is 1.32. The number of hydrogen-bond acceptors (Lipinski definition) is 6. The molecule has 1 aliphatic rings. The number of pyridine rings is 1. The van der Waals surface area contributed by atoms with Crippen molar-refractivity contribution in [3.05, 3.63) is 143 Å². The van der Waals surface area contributed by atoms with E-state index in [-0.39, 0.29) is 6.61 Å². The number of hydroxylamine groups is 2. The maximum Gasteiger partial charge on any atom is 0.280 e. The van der Waals surface area contributed by atoms with Gasteiger partial charge in [-0.25, -0.2) is 0 Å². The molecule has 0 saturated carbocycles. The van der Waals surface area contributed by atoms with Gasteiger partial charge in [0.2, 0.25) is 0 Å². The highest BCUT2D eigenvalue weighted by molar-refractivity contribution is 6.08. The predicted octanol–water partition coefficient (Wildman–Crippen LogP) is 6.71. The lowest BCUT2D eigenvalue weighted by Crippen LogP contribution is -2.43. The molecule has 5 aromatic rings. The van der Waals surface area contributed by atoms with Crippen LogP contribution in [0.25, 0.3) is 17.0 Å². The highest BCUT2D eigenvalue weighted by atomic mass is 16.7. The van der Waals surface area contributed by atoms with E-state index in [4.69, 9.17) is 9.57 Å². The SMILES string of the molecule is C=Cc1cccc(Oc2cnc3ccccc3c2C(=O)N[C@@H](CON2C(=O)c3ccccc3C2O)Cc2ccc(C)cc2C)c1. The number of aliphatic hydroxyl groups excluding tert-OH is 1. The van der Waals surface area contributed by atoms with Crippen LogP contribution in [0.3, 0.4) is 0 Å². The highest BCUT2D eigenvalue weighted by Gasteiger charge is 2.37. The Hall–Kier alpha value is -5.31. The number of ether oxygens (including phenoxy) is 1. The van der Waals surface area contributed by atoms with Crippen molar-refractivity contribution in [3.63, 3.8) is 0 Å². The number of nitrogens with one attached hydrogen (secondary N) is 1. The van der Waals surface area contributed by atoms with Gasteiger partial charge in [-0.3, -0.25) is 19.4 Å². The van der Waals surface area contributed by atoms with Gasteiger partial charge in [0.1, 0.15) is 5.75 Å². The summed E-state index contributed by atoms with van der Waals surface area (Å²) >= 11 is 0. The summed E-state index contributed by atoms with van der Waals surface area (Å²) in [6.07, 6.45) is 2.44. The van der Waals surface area contributed by atoms with Crippen LogP contribution in [0, 0.1) is 13.8 Å². The first-order valence-electron chi connectivity index (χ1n) is 14.7. The third kappa shape index (κ3) is 6.20. The predicted molar refractivity (Wildman–Crippen MR) is 173 cm³/mol. The maximum atomic E-state index is 14.2. The zero-order valence-corrected chi connectivity index (χ0v) is 25.1. The summed E-state index contributed by atoms with van der Waals surface area (Å²) in [7, 11) is 0. The van der Waals surface area contributed by atoms with Gasteiger partial charge in [-0.2, -0.15) is 5.06 Å². The molecule has 2 amide bonds. The minimum atomic E-state index is -1.25. The normalized spacial score (nSPS) is 14.7. The number of hydrogen-bond donors (Lipinski definition) is 2. The number of nitrogens with zero attached hydrogens (tertiary/aromatic N) is 2. The summed E-state index contributed by atoms with van der Waals surface area (Å²) in [5.41, 5.74) is 5.90. The largest absolute Gasteiger partial charge is 0.455 e. The van der Waals surface area contributed by atoms with Gasteiger partial charge in [-0.05, 0) is 61.2 Å². The average Bonchev–Trinajstić information content (AvgIpc) is 3.29. The molecule has 45 heavy (non-hydrogen) atoms. The van der Waals surface area contributed by atoms with Crippen LogP contribution in [0.1, 0.15) is 54.8 Å². The number of amides is 2. The van der Waals surface area contributed by atoms with Gasteiger partial charge in [0.05, 0.1) is 29.9 Å². The molecule has 1 aromatic heterocycles. The molecule has 0 bridgehead atoms. The summed E-state index contributed by atoms with van der Waals surface area (Å²) in [4.78, 5) is 37.7. The fraction of sp³-hybridized carbons (Fsp3) is 0.162. The Bertz CT molecular complexity index is 1920. The number of carbonyl (C=O) groups is 2. The maximum absolute atomic E-state index is 14.2. The van der Waals surface area contributed by atoms with Gasteiger partial charge in [-0.15, -0.1) is 0 Å². The van der Waals surface area contributed by atoms with Crippen molar-refractivity contribution in [2.24, 2.45) is 0 Å². The second-order valence-corrected chi connectivity index (χ2v) is 11.1. The third-order valence-electron chi connectivity index (χ3n) is 7.90. The fourth-order valence-electron chi connectivity index (χ4n) is 5.59. The number of aromatic nitrogens is 1. The molecule has 8 heteroatoms. The monoisotopic (exact) mass is 599 g/mol. The molecule has 0 radical (unpaired) electrons. The highest BCUT2D eigenvalue weighted by Crippen LogP contribution is 2.33. The van der Waals surface area contributed by atoms with Gasteiger partial charge in [0.15, 0.2) is 12.0 Å². The van der Waals surface area contributed by atoms with Crippen LogP contribution in [-0.2, 0) is 11.3 Å². The number of fused-ring (bicyclic) bond motifs is 2. The van der Waals surface area contributed by atoms with E-state index in [1.54, 1.807) is 42.6 Å². The number of carbonyl (C=O) groups excluding carboxylic acids is 2. The molecule has 8 nitrogen and oxygen atoms in total. The second-order valence-electron chi connectivity index (χ2n) is 11.1. The molecule has 226 valence electrons. The van der Waals surface area contributed by atoms with Crippen LogP contribution in [0.2, 0.25) is 0 Å². The van der Waals surface area contributed by atoms with Gasteiger partial charge in [0, 0.05) is 16.5 Å². The van der Waals surface area contributed by atoms with Crippen LogP contribution in [0.4, 0.5) is 0 Å². The summed E-state index contributed by atoms with van der Waals surface area (Å²) < 4.78 is 6.23. The second kappa shape index (κ2) is 12.7. The lowest BCUT2D eigenvalue weighted by Gasteiger charge is -2.25.